The largest absolute Gasteiger partial charge is 0.423 e. The Hall–Kier alpha value is -1.78. The average molecular weight is 312 g/mol. The molecule has 0 aliphatic carbocycles. The van der Waals surface area contributed by atoms with Crippen LogP contribution in [0, 0.1) is 6.92 Å². The van der Waals surface area contributed by atoms with Gasteiger partial charge in [0.05, 0.1) is 10.6 Å². The first-order valence-corrected chi connectivity index (χ1v) is 6.49. The van der Waals surface area contributed by atoms with Gasteiger partial charge in [-0.2, -0.15) is 0 Å². The Labute approximate surface area is 125 Å². The molecule has 0 aliphatic heterocycles. The number of rotatable bonds is 2. The molecule has 1 aromatic carbocycles. The van der Waals surface area contributed by atoms with Crippen LogP contribution in [-0.4, -0.2) is 10.5 Å². The van der Waals surface area contributed by atoms with Crippen molar-refractivity contribution >= 4 is 29.2 Å². The summed E-state index contributed by atoms with van der Waals surface area (Å²) in [4.78, 5) is 23.6. The van der Waals surface area contributed by atoms with E-state index in [1.165, 1.54) is 22.8 Å². The van der Waals surface area contributed by atoms with Gasteiger partial charge in [-0.25, -0.2) is 4.79 Å². The van der Waals surface area contributed by atoms with E-state index in [4.69, 9.17) is 27.9 Å². The van der Waals surface area contributed by atoms with Gasteiger partial charge in [-0.3, -0.25) is 4.79 Å². The molecule has 6 heteroatoms. The van der Waals surface area contributed by atoms with Gasteiger partial charge in [-0.05, 0) is 25.1 Å². The van der Waals surface area contributed by atoms with Crippen molar-refractivity contribution in [3.63, 3.8) is 0 Å². The predicted octanol–water partition coefficient (Wildman–Crippen LogP) is 3.22. The average Bonchev–Trinajstić information content (AvgIpc) is 2.35. The Bertz CT molecular complexity index is 738. The number of aryl methyl sites for hydroxylation is 1. The molecule has 1 heterocycles. The minimum Gasteiger partial charge on any atom is -0.423 e. The van der Waals surface area contributed by atoms with E-state index in [1.54, 1.807) is 26.1 Å². The van der Waals surface area contributed by atoms with Gasteiger partial charge >= 0.3 is 5.97 Å². The Kier molecular flexibility index (Phi) is 4.16. The lowest BCUT2D eigenvalue weighted by Gasteiger charge is -2.08. The Morgan fingerprint density at radius 1 is 1.20 bits per heavy atom. The number of halogens is 2. The number of benzene rings is 1. The third-order valence-electron chi connectivity index (χ3n) is 2.84. The molecule has 0 radical (unpaired) electrons. The van der Waals surface area contributed by atoms with Crippen LogP contribution < -0.4 is 10.3 Å². The second-order valence-corrected chi connectivity index (χ2v) is 5.09. The van der Waals surface area contributed by atoms with E-state index in [-0.39, 0.29) is 21.9 Å². The summed E-state index contributed by atoms with van der Waals surface area (Å²) in [5, 5.41) is 0.624. The van der Waals surface area contributed by atoms with Gasteiger partial charge < -0.3 is 9.30 Å². The van der Waals surface area contributed by atoms with Crippen LogP contribution in [0.4, 0.5) is 0 Å². The lowest BCUT2D eigenvalue weighted by atomic mass is 10.2. The molecule has 104 valence electrons. The van der Waals surface area contributed by atoms with Crippen LogP contribution in [0.1, 0.15) is 16.1 Å². The normalized spacial score (nSPS) is 10.4. The molecule has 0 aliphatic rings. The van der Waals surface area contributed by atoms with Crippen molar-refractivity contribution in [3.05, 3.63) is 62.0 Å². The molecule has 20 heavy (non-hydrogen) atoms. The highest BCUT2D eigenvalue weighted by atomic mass is 35.5. The SMILES string of the molecule is Cc1cc(OC(=O)c2ccc(Cl)cc2Cl)cc(=O)n1C. The van der Waals surface area contributed by atoms with Crippen LogP contribution >= 0.6 is 23.2 Å². The number of carbonyl (C=O) groups is 1. The molecule has 0 spiro atoms. The Balaban J connectivity index is 2.30. The summed E-state index contributed by atoms with van der Waals surface area (Å²) in [7, 11) is 1.64. The van der Waals surface area contributed by atoms with Gasteiger partial charge in [0.15, 0.2) is 0 Å². The maximum Gasteiger partial charge on any atom is 0.345 e. The lowest BCUT2D eigenvalue weighted by Crippen LogP contribution is -2.19. The topological polar surface area (TPSA) is 48.3 Å². The molecule has 0 fully saturated rings. The molecular formula is C14H11Cl2NO3. The fourth-order valence-corrected chi connectivity index (χ4v) is 2.10. The van der Waals surface area contributed by atoms with Crippen molar-refractivity contribution < 1.29 is 9.53 Å². The fourth-order valence-electron chi connectivity index (χ4n) is 1.61. The quantitative estimate of drug-likeness (QED) is 0.800. The monoisotopic (exact) mass is 311 g/mol. The Morgan fingerprint density at radius 3 is 2.50 bits per heavy atom. The van der Waals surface area contributed by atoms with E-state index in [9.17, 15) is 9.59 Å². The van der Waals surface area contributed by atoms with Gasteiger partial charge in [-0.1, -0.05) is 23.2 Å². The molecule has 0 amide bonds. The minimum atomic E-state index is -0.640. The third-order valence-corrected chi connectivity index (χ3v) is 3.39. The molecule has 0 N–H and O–H groups in total. The van der Waals surface area contributed by atoms with Crippen molar-refractivity contribution in [1.82, 2.24) is 4.57 Å². The third kappa shape index (κ3) is 3.03. The number of carbonyl (C=O) groups excluding carboxylic acids is 1. The summed E-state index contributed by atoms with van der Waals surface area (Å²) >= 11 is 11.7. The van der Waals surface area contributed by atoms with E-state index < -0.39 is 5.97 Å². The minimum absolute atomic E-state index is 0.182. The first-order chi connectivity index (χ1) is 9.38. The van der Waals surface area contributed by atoms with E-state index in [0.29, 0.717) is 10.7 Å². The standard InChI is InChI=1S/C14H11Cl2NO3/c1-8-5-10(7-13(18)17(8)2)20-14(19)11-4-3-9(15)6-12(11)16/h3-7H,1-2H3. The van der Waals surface area contributed by atoms with Crippen LogP contribution in [-0.2, 0) is 7.05 Å². The molecule has 1 aromatic heterocycles. The van der Waals surface area contributed by atoms with Gasteiger partial charge in [0.1, 0.15) is 5.75 Å². The highest BCUT2D eigenvalue weighted by Gasteiger charge is 2.14. The van der Waals surface area contributed by atoms with Gasteiger partial charge in [0, 0.05) is 29.9 Å². The molecule has 2 rings (SSSR count). The number of nitrogens with zero attached hydrogens (tertiary/aromatic N) is 1. The maximum absolute atomic E-state index is 12.0. The summed E-state index contributed by atoms with van der Waals surface area (Å²) in [5.41, 5.74) is 0.618. The first-order valence-electron chi connectivity index (χ1n) is 5.73. The van der Waals surface area contributed by atoms with Crippen molar-refractivity contribution in [2.45, 2.75) is 6.92 Å². The summed E-state index contributed by atoms with van der Waals surface area (Å²) in [6, 6.07) is 7.31. The maximum atomic E-state index is 12.0. The molecule has 0 atom stereocenters. The van der Waals surface area contributed by atoms with E-state index in [2.05, 4.69) is 0 Å². The van der Waals surface area contributed by atoms with Crippen molar-refractivity contribution in [1.29, 1.82) is 0 Å². The zero-order chi connectivity index (χ0) is 14.9. The molecule has 2 aromatic rings. The van der Waals surface area contributed by atoms with Crippen molar-refractivity contribution in [2.75, 3.05) is 0 Å². The van der Waals surface area contributed by atoms with Crippen LogP contribution in [0.25, 0.3) is 0 Å². The van der Waals surface area contributed by atoms with Crippen LogP contribution in [0.2, 0.25) is 10.0 Å². The number of esters is 1. The van der Waals surface area contributed by atoms with Crippen molar-refractivity contribution in [2.24, 2.45) is 7.05 Å². The van der Waals surface area contributed by atoms with Gasteiger partial charge in [0.2, 0.25) is 0 Å². The first kappa shape index (κ1) is 14.6. The molecule has 0 saturated carbocycles. The van der Waals surface area contributed by atoms with Gasteiger partial charge in [0.25, 0.3) is 5.56 Å². The van der Waals surface area contributed by atoms with E-state index in [0.717, 1.165) is 0 Å². The second-order valence-electron chi connectivity index (χ2n) is 4.24. The van der Waals surface area contributed by atoms with Crippen LogP contribution in [0.3, 0.4) is 0 Å². The van der Waals surface area contributed by atoms with Crippen LogP contribution in [0.15, 0.2) is 35.1 Å². The van der Waals surface area contributed by atoms with Crippen LogP contribution in [0.5, 0.6) is 5.75 Å². The smallest absolute Gasteiger partial charge is 0.345 e. The zero-order valence-corrected chi connectivity index (χ0v) is 12.3. The van der Waals surface area contributed by atoms with Crippen molar-refractivity contribution in [3.8, 4) is 5.75 Å². The molecular weight excluding hydrogens is 301 g/mol. The Morgan fingerprint density at radius 2 is 1.90 bits per heavy atom. The number of aromatic nitrogens is 1. The zero-order valence-electron chi connectivity index (χ0n) is 10.8. The second kappa shape index (κ2) is 5.69. The summed E-state index contributed by atoms with van der Waals surface area (Å²) in [6.07, 6.45) is 0. The summed E-state index contributed by atoms with van der Waals surface area (Å²) in [5.74, 6) is -0.457. The lowest BCUT2D eigenvalue weighted by molar-refractivity contribution is 0.0734. The number of ether oxygens (including phenoxy) is 1. The number of pyridine rings is 1. The van der Waals surface area contributed by atoms with E-state index >= 15 is 0 Å². The molecule has 4 nitrogen and oxygen atoms in total. The predicted molar refractivity (Wildman–Crippen MR) is 77.8 cm³/mol. The highest BCUT2D eigenvalue weighted by Crippen LogP contribution is 2.22. The number of hydrogen-bond donors (Lipinski definition) is 0. The molecule has 0 saturated heterocycles. The summed E-state index contributed by atoms with van der Waals surface area (Å²) < 4.78 is 6.61. The summed E-state index contributed by atoms with van der Waals surface area (Å²) in [6.45, 7) is 1.74. The number of hydrogen-bond acceptors (Lipinski definition) is 3. The fraction of sp³-hybridized carbons (Fsp3) is 0.143. The molecule has 0 unspecified atom stereocenters. The molecule has 0 bridgehead atoms. The highest BCUT2D eigenvalue weighted by molar-refractivity contribution is 6.36. The van der Waals surface area contributed by atoms with E-state index in [1.807, 2.05) is 0 Å². The van der Waals surface area contributed by atoms with Gasteiger partial charge in [-0.15, -0.1) is 0 Å².